The lowest BCUT2D eigenvalue weighted by Crippen LogP contribution is -2.55. The summed E-state index contributed by atoms with van der Waals surface area (Å²) in [6, 6.07) is 10.2. The first-order chi connectivity index (χ1) is 16.4. The number of piperazine rings is 1. The highest BCUT2D eigenvalue weighted by Crippen LogP contribution is 2.25. The molecule has 9 nitrogen and oxygen atoms in total. The van der Waals surface area contributed by atoms with Gasteiger partial charge in [0.1, 0.15) is 0 Å². The number of benzene rings is 1. The van der Waals surface area contributed by atoms with E-state index in [0.29, 0.717) is 29.9 Å². The minimum atomic E-state index is -3.55. The van der Waals surface area contributed by atoms with Gasteiger partial charge in [0, 0.05) is 62.9 Å². The molecule has 0 bridgehead atoms. The van der Waals surface area contributed by atoms with Gasteiger partial charge in [0.15, 0.2) is 0 Å². The van der Waals surface area contributed by atoms with Crippen LogP contribution in [-0.2, 0) is 10.2 Å². The molecule has 1 saturated heterocycles. The van der Waals surface area contributed by atoms with Crippen LogP contribution in [0.1, 0.15) is 52.8 Å². The second-order valence-electron chi connectivity index (χ2n) is 8.78. The molecule has 2 aromatic rings. The number of nitrogens with zero attached hydrogens (tertiary/aromatic N) is 4. The van der Waals surface area contributed by atoms with Gasteiger partial charge in [-0.25, -0.2) is 0 Å². The Balaban J connectivity index is 1.36. The van der Waals surface area contributed by atoms with E-state index < -0.39 is 10.2 Å². The van der Waals surface area contributed by atoms with Crippen LogP contribution >= 0.6 is 0 Å². The van der Waals surface area contributed by atoms with Crippen molar-refractivity contribution in [1.82, 2.24) is 18.5 Å². The van der Waals surface area contributed by atoms with Crippen LogP contribution in [0.5, 0.6) is 0 Å². The molecule has 2 heterocycles. The Morgan fingerprint density at radius 1 is 1.00 bits per heavy atom. The molecule has 0 atom stereocenters. The fraction of sp³-hybridized carbons (Fsp3) is 0.458. The Hall–Kier alpha value is -2.82. The first kappa shape index (κ1) is 24.3. The van der Waals surface area contributed by atoms with Gasteiger partial charge < -0.3 is 10.2 Å². The summed E-state index contributed by atoms with van der Waals surface area (Å²) in [7, 11) is -1.87. The predicted molar refractivity (Wildman–Crippen MR) is 130 cm³/mol. The SMILES string of the molecule is CN(C1CCCCC1)S(=O)(=O)N1CCN(C(=O)c2cccc(NC(=O)c3cccnc3)c2)CC1. The molecule has 1 aliphatic heterocycles. The molecule has 0 spiro atoms. The van der Waals surface area contributed by atoms with Gasteiger partial charge >= 0.3 is 0 Å². The van der Waals surface area contributed by atoms with Crippen LogP contribution in [0.2, 0.25) is 0 Å². The topological polar surface area (TPSA) is 103 Å². The van der Waals surface area contributed by atoms with Gasteiger partial charge in [-0.05, 0) is 43.2 Å². The molecular formula is C24H31N5O4S. The van der Waals surface area contributed by atoms with Crippen molar-refractivity contribution in [3.63, 3.8) is 0 Å². The van der Waals surface area contributed by atoms with Gasteiger partial charge in [-0.1, -0.05) is 25.3 Å². The Morgan fingerprint density at radius 3 is 2.38 bits per heavy atom. The zero-order valence-corrected chi connectivity index (χ0v) is 20.2. The van der Waals surface area contributed by atoms with Crippen LogP contribution < -0.4 is 5.32 Å². The van der Waals surface area contributed by atoms with Gasteiger partial charge in [0.25, 0.3) is 22.0 Å². The van der Waals surface area contributed by atoms with E-state index in [2.05, 4.69) is 10.3 Å². The van der Waals surface area contributed by atoms with Crippen molar-refractivity contribution in [2.45, 2.75) is 38.1 Å². The van der Waals surface area contributed by atoms with E-state index in [4.69, 9.17) is 0 Å². The molecule has 182 valence electrons. The molecule has 2 fully saturated rings. The van der Waals surface area contributed by atoms with Crippen LogP contribution in [0.3, 0.4) is 0 Å². The number of pyridine rings is 1. The zero-order valence-electron chi connectivity index (χ0n) is 19.4. The number of aromatic nitrogens is 1. The van der Waals surface area contributed by atoms with E-state index in [1.165, 1.54) is 21.2 Å². The van der Waals surface area contributed by atoms with Crippen molar-refractivity contribution < 1.29 is 18.0 Å². The first-order valence-corrected chi connectivity index (χ1v) is 13.1. The summed E-state index contributed by atoms with van der Waals surface area (Å²) in [5, 5.41) is 2.78. The summed E-state index contributed by atoms with van der Waals surface area (Å²) in [5.74, 6) is -0.492. The number of carbonyl (C=O) groups is 2. The molecule has 1 aromatic heterocycles. The van der Waals surface area contributed by atoms with E-state index in [9.17, 15) is 18.0 Å². The minimum Gasteiger partial charge on any atom is -0.336 e. The number of hydrogen-bond donors (Lipinski definition) is 1. The van der Waals surface area contributed by atoms with Crippen LogP contribution in [0.4, 0.5) is 5.69 Å². The quantitative estimate of drug-likeness (QED) is 0.678. The van der Waals surface area contributed by atoms with Gasteiger partial charge in [0.2, 0.25) is 0 Å². The highest BCUT2D eigenvalue weighted by Gasteiger charge is 2.35. The monoisotopic (exact) mass is 485 g/mol. The Morgan fingerprint density at radius 2 is 1.71 bits per heavy atom. The maximum absolute atomic E-state index is 13.1. The van der Waals surface area contributed by atoms with E-state index >= 15 is 0 Å². The largest absolute Gasteiger partial charge is 0.336 e. The normalized spacial score (nSPS) is 18.1. The highest BCUT2D eigenvalue weighted by atomic mass is 32.2. The van der Waals surface area contributed by atoms with E-state index in [-0.39, 0.29) is 30.9 Å². The van der Waals surface area contributed by atoms with Crippen molar-refractivity contribution in [3.8, 4) is 0 Å². The standard InChI is InChI=1S/C24H31N5O4S/c1-27(22-10-3-2-4-11-22)34(32,33)29-15-13-28(14-16-29)24(31)19-7-5-9-21(17-19)26-23(30)20-8-6-12-25-18-20/h5-9,12,17-18,22H,2-4,10-11,13-16H2,1H3,(H,26,30). The maximum Gasteiger partial charge on any atom is 0.282 e. The molecule has 1 aromatic carbocycles. The van der Waals surface area contributed by atoms with E-state index in [0.717, 1.165) is 25.7 Å². The van der Waals surface area contributed by atoms with Crippen LogP contribution in [0.25, 0.3) is 0 Å². The average molecular weight is 486 g/mol. The summed E-state index contributed by atoms with van der Waals surface area (Å²) in [5.41, 5.74) is 1.38. The Kier molecular flexibility index (Phi) is 7.60. The molecule has 4 rings (SSSR count). The lowest BCUT2D eigenvalue weighted by molar-refractivity contribution is 0.0692. The van der Waals surface area contributed by atoms with Crippen LogP contribution in [-0.4, -0.2) is 78.0 Å². The lowest BCUT2D eigenvalue weighted by Gasteiger charge is -2.38. The Bertz CT molecular complexity index is 1110. The maximum atomic E-state index is 13.1. The van der Waals surface area contributed by atoms with Gasteiger partial charge in [-0.3, -0.25) is 14.6 Å². The molecule has 10 heteroatoms. The minimum absolute atomic E-state index is 0.0584. The Labute approximate surface area is 200 Å². The second-order valence-corrected chi connectivity index (χ2v) is 10.8. The van der Waals surface area contributed by atoms with Crippen LogP contribution in [0, 0.1) is 0 Å². The lowest BCUT2D eigenvalue weighted by atomic mass is 9.96. The van der Waals surface area contributed by atoms with Gasteiger partial charge in [0.05, 0.1) is 5.56 Å². The molecule has 1 aliphatic carbocycles. The van der Waals surface area contributed by atoms with Crippen molar-refractivity contribution in [2.24, 2.45) is 0 Å². The summed E-state index contributed by atoms with van der Waals surface area (Å²) in [4.78, 5) is 31.1. The zero-order chi connectivity index (χ0) is 24.1. The van der Waals surface area contributed by atoms with Crippen LogP contribution in [0.15, 0.2) is 48.8 Å². The smallest absolute Gasteiger partial charge is 0.282 e. The predicted octanol–water partition coefficient (Wildman–Crippen LogP) is 2.60. The van der Waals surface area contributed by atoms with Crippen molar-refractivity contribution in [3.05, 3.63) is 59.9 Å². The third-order valence-corrected chi connectivity index (χ3v) is 8.64. The summed E-state index contributed by atoms with van der Waals surface area (Å²) in [6.45, 7) is 1.18. The molecule has 0 unspecified atom stereocenters. The number of amides is 2. The number of anilines is 1. The van der Waals surface area contributed by atoms with Gasteiger partial charge in [-0.2, -0.15) is 17.0 Å². The first-order valence-electron chi connectivity index (χ1n) is 11.7. The molecular weight excluding hydrogens is 454 g/mol. The van der Waals surface area contributed by atoms with E-state index in [1.807, 2.05) is 0 Å². The van der Waals surface area contributed by atoms with E-state index in [1.54, 1.807) is 54.5 Å². The summed E-state index contributed by atoms with van der Waals surface area (Å²) in [6.07, 6.45) is 8.17. The summed E-state index contributed by atoms with van der Waals surface area (Å²) >= 11 is 0. The van der Waals surface area contributed by atoms with Crippen molar-refractivity contribution >= 4 is 27.7 Å². The molecule has 34 heavy (non-hydrogen) atoms. The number of hydrogen-bond acceptors (Lipinski definition) is 5. The molecule has 2 aliphatic rings. The molecule has 0 radical (unpaired) electrons. The molecule has 1 saturated carbocycles. The van der Waals surface area contributed by atoms with Crippen molar-refractivity contribution in [1.29, 1.82) is 0 Å². The van der Waals surface area contributed by atoms with Gasteiger partial charge in [-0.15, -0.1) is 0 Å². The third kappa shape index (κ3) is 5.45. The fourth-order valence-corrected chi connectivity index (χ4v) is 6.13. The number of nitrogens with one attached hydrogen (secondary N) is 1. The molecule has 2 amide bonds. The summed E-state index contributed by atoms with van der Waals surface area (Å²) < 4.78 is 29.2. The average Bonchev–Trinajstić information content (AvgIpc) is 2.89. The molecule has 1 N–H and O–H groups in total. The second kappa shape index (κ2) is 10.6. The number of rotatable bonds is 6. The third-order valence-electron chi connectivity index (χ3n) is 6.60. The number of carbonyl (C=O) groups excluding carboxylic acids is 2. The highest BCUT2D eigenvalue weighted by molar-refractivity contribution is 7.86. The fourth-order valence-electron chi connectivity index (χ4n) is 4.55. The van der Waals surface area contributed by atoms with Crippen molar-refractivity contribution in [2.75, 3.05) is 38.5 Å².